The van der Waals surface area contributed by atoms with Crippen LogP contribution in [-0.4, -0.2) is 32.8 Å². The number of amides is 2. The number of rotatable bonds is 7. The molecule has 2 heterocycles. The molecule has 0 saturated carbocycles. The van der Waals surface area contributed by atoms with Gasteiger partial charge in [0.1, 0.15) is 11.9 Å². The molecule has 0 fully saturated rings. The molecule has 7 heteroatoms. The number of fused-ring (bicyclic) bond motifs is 3. The van der Waals surface area contributed by atoms with Gasteiger partial charge in [0.15, 0.2) is 0 Å². The molecule has 5 rings (SSSR count). The van der Waals surface area contributed by atoms with Crippen LogP contribution in [0.25, 0.3) is 11.0 Å². The van der Waals surface area contributed by atoms with Gasteiger partial charge in [0, 0.05) is 18.1 Å². The van der Waals surface area contributed by atoms with E-state index in [9.17, 15) is 9.59 Å². The molecule has 0 radical (unpaired) electrons. The number of benzene rings is 3. The smallest absolute Gasteiger partial charge is 0.247 e. The predicted octanol–water partition coefficient (Wildman–Crippen LogP) is 5.08. The van der Waals surface area contributed by atoms with Crippen LogP contribution in [0.2, 0.25) is 5.02 Å². The lowest BCUT2D eigenvalue weighted by Crippen LogP contribution is -2.46. The molecule has 1 aliphatic heterocycles. The van der Waals surface area contributed by atoms with Crippen molar-refractivity contribution in [1.82, 2.24) is 19.8 Å². The summed E-state index contributed by atoms with van der Waals surface area (Å²) < 4.78 is 1.96. The molecular formula is C28H27ClN4O2. The highest BCUT2D eigenvalue weighted by Gasteiger charge is 2.40. The van der Waals surface area contributed by atoms with E-state index in [-0.39, 0.29) is 24.3 Å². The topological polar surface area (TPSA) is 67.2 Å². The van der Waals surface area contributed by atoms with Crippen molar-refractivity contribution in [2.75, 3.05) is 6.54 Å². The molecule has 2 atom stereocenters. The summed E-state index contributed by atoms with van der Waals surface area (Å²) in [5.74, 6) is 0.584. The van der Waals surface area contributed by atoms with Gasteiger partial charge in [-0.05, 0) is 48.7 Å². The fraction of sp³-hybridized carbons (Fsp3) is 0.250. The Morgan fingerprint density at radius 3 is 2.46 bits per heavy atom. The van der Waals surface area contributed by atoms with Gasteiger partial charge in [0.2, 0.25) is 11.8 Å². The largest absolute Gasteiger partial charge is 0.356 e. The van der Waals surface area contributed by atoms with Crippen LogP contribution < -0.4 is 5.32 Å². The minimum atomic E-state index is -0.646. The van der Waals surface area contributed by atoms with Crippen LogP contribution in [0.15, 0.2) is 78.9 Å². The maximum atomic E-state index is 13.8. The van der Waals surface area contributed by atoms with Crippen molar-refractivity contribution in [3.63, 3.8) is 0 Å². The Kier molecular flexibility index (Phi) is 6.55. The summed E-state index contributed by atoms with van der Waals surface area (Å²) >= 11 is 5.95. The number of halogens is 1. The molecule has 0 saturated heterocycles. The summed E-state index contributed by atoms with van der Waals surface area (Å²) in [4.78, 5) is 33.5. The monoisotopic (exact) mass is 486 g/mol. The lowest BCUT2D eigenvalue weighted by atomic mass is 10.0. The zero-order chi connectivity index (χ0) is 24.4. The van der Waals surface area contributed by atoms with Crippen LogP contribution in [-0.2, 0) is 22.6 Å². The summed E-state index contributed by atoms with van der Waals surface area (Å²) in [6.45, 7) is 2.96. The first-order chi connectivity index (χ1) is 17.0. The third kappa shape index (κ3) is 4.80. The SMILES string of the molecule is C[C@@H]1c2nc3ccccc3n2[C@@H](CC(=O)NCCc2ccc(Cl)cc2)C(=O)N1Cc1ccccc1. The number of aromatic nitrogens is 2. The number of para-hydroxylation sites is 2. The first kappa shape index (κ1) is 23.1. The Morgan fingerprint density at radius 1 is 0.971 bits per heavy atom. The number of nitrogens with one attached hydrogen (secondary N) is 1. The minimum Gasteiger partial charge on any atom is -0.356 e. The summed E-state index contributed by atoms with van der Waals surface area (Å²) in [7, 11) is 0. The molecule has 2 amide bonds. The van der Waals surface area contributed by atoms with Gasteiger partial charge in [-0.15, -0.1) is 0 Å². The maximum Gasteiger partial charge on any atom is 0.247 e. The second kappa shape index (κ2) is 9.92. The maximum absolute atomic E-state index is 13.8. The third-order valence-electron chi connectivity index (χ3n) is 6.57. The van der Waals surface area contributed by atoms with E-state index < -0.39 is 6.04 Å². The molecule has 6 nitrogen and oxygen atoms in total. The molecule has 1 aliphatic rings. The zero-order valence-electron chi connectivity index (χ0n) is 19.5. The highest BCUT2D eigenvalue weighted by atomic mass is 35.5. The molecule has 178 valence electrons. The third-order valence-corrected chi connectivity index (χ3v) is 6.82. The van der Waals surface area contributed by atoms with Crippen molar-refractivity contribution in [2.24, 2.45) is 0 Å². The van der Waals surface area contributed by atoms with E-state index in [1.807, 2.05) is 95.3 Å². The summed E-state index contributed by atoms with van der Waals surface area (Å²) in [5, 5.41) is 3.67. The second-order valence-corrected chi connectivity index (χ2v) is 9.34. The van der Waals surface area contributed by atoms with Gasteiger partial charge >= 0.3 is 0 Å². The van der Waals surface area contributed by atoms with E-state index in [0.717, 1.165) is 28.0 Å². The zero-order valence-corrected chi connectivity index (χ0v) is 20.3. The highest BCUT2D eigenvalue weighted by Crippen LogP contribution is 2.37. The fourth-order valence-electron chi connectivity index (χ4n) is 4.74. The Balaban J connectivity index is 1.38. The Bertz CT molecular complexity index is 1350. The van der Waals surface area contributed by atoms with Gasteiger partial charge in [-0.1, -0.05) is 66.2 Å². The molecule has 0 bridgehead atoms. The van der Waals surface area contributed by atoms with Gasteiger partial charge in [0.25, 0.3) is 0 Å². The average Bonchev–Trinajstić information content (AvgIpc) is 3.26. The Labute approximate surface area is 209 Å². The lowest BCUT2D eigenvalue weighted by molar-refractivity contribution is -0.142. The molecule has 4 aromatic rings. The van der Waals surface area contributed by atoms with Crippen molar-refractivity contribution in [3.05, 3.63) is 101 Å². The molecule has 1 N–H and O–H groups in total. The number of nitrogens with zero attached hydrogens (tertiary/aromatic N) is 3. The van der Waals surface area contributed by atoms with E-state index in [1.54, 1.807) is 0 Å². The van der Waals surface area contributed by atoms with E-state index in [2.05, 4.69) is 5.32 Å². The Morgan fingerprint density at radius 2 is 1.69 bits per heavy atom. The van der Waals surface area contributed by atoms with E-state index >= 15 is 0 Å². The van der Waals surface area contributed by atoms with Crippen LogP contribution in [0.4, 0.5) is 0 Å². The molecular weight excluding hydrogens is 460 g/mol. The number of hydrogen-bond acceptors (Lipinski definition) is 3. The summed E-state index contributed by atoms with van der Waals surface area (Å²) in [6, 6.07) is 24.4. The number of imidazole rings is 1. The second-order valence-electron chi connectivity index (χ2n) is 8.90. The summed E-state index contributed by atoms with van der Waals surface area (Å²) in [5.41, 5.74) is 3.84. The molecule has 0 unspecified atom stereocenters. The molecule has 1 aromatic heterocycles. The fourth-order valence-corrected chi connectivity index (χ4v) is 4.86. The molecule has 35 heavy (non-hydrogen) atoms. The first-order valence-corrected chi connectivity index (χ1v) is 12.2. The van der Waals surface area contributed by atoms with Crippen LogP contribution >= 0.6 is 11.6 Å². The lowest BCUT2D eigenvalue weighted by Gasteiger charge is -2.38. The standard InChI is InChI=1S/C28H27ClN4O2/c1-19-27-31-23-9-5-6-10-24(23)33(27)25(28(35)32(19)18-21-7-3-2-4-8-21)17-26(34)30-16-15-20-11-13-22(29)14-12-20/h2-14,19,25H,15-18H2,1H3,(H,30,34)/t19-,25+/m1/s1. The average molecular weight is 487 g/mol. The van der Waals surface area contributed by atoms with Gasteiger partial charge in [-0.3, -0.25) is 9.59 Å². The van der Waals surface area contributed by atoms with Crippen LogP contribution in [0.5, 0.6) is 0 Å². The number of carbonyl (C=O) groups is 2. The van der Waals surface area contributed by atoms with E-state index in [0.29, 0.717) is 24.5 Å². The van der Waals surface area contributed by atoms with Gasteiger partial charge < -0.3 is 14.8 Å². The highest BCUT2D eigenvalue weighted by molar-refractivity contribution is 6.30. The van der Waals surface area contributed by atoms with Gasteiger partial charge in [-0.25, -0.2) is 4.98 Å². The van der Waals surface area contributed by atoms with Crippen molar-refractivity contribution in [2.45, 2.75) is 38.4 Å². The number of carbonyl (C=O) groups excluding carboxylic acids is 2. The van der Waals surface area contributed by atoms with Crippen LogP contribution in [0.3, 0.4) is 0 Å². The van der Waals surface area contributed by atoms with Crippen molar-refractivity contribution >= 4 is 34.4 Å². The molecule has 0 aliphatic carbocycles. The van der Waals surface area contributed by atoms with E-state index in [4.69, 9.17) is 16.6 Å². The van der Waals surface area contributed by atoms with Gasteiger partial charge in [-0.2, -0.15) is 0 Å². The first-order valence-electron chi connectivity index (χ1n) is 11.8. The van der Waals surface area contributed by atoms with Crippen LogP contribution in [0.1, 0.15) is 42.4 Å². The molecule has 0 spiro atoms. The van der Waals surface area contributed by atoms with Gasteiger partial charge in [0.05, 0.1) is 23.5 Å². The van der Waals surface area contributed by atoms with Crippen molar-refractivity contribution in [3.8, 4) is 0 Å². The minimum absolute atomic E-state index is 0.0603. The number of hydrogen-bond donors (Lipinski definition) is 1. The van der Waals surface area contributed by atoms with Crippen LogP contribution in [0, 0.1) is 0 Å². The van der Waals surface area contributed by atoms with Crippen molar-refractivity contribution < 1.29 is 9.59 Å². The Hall–Kier alpha value is -3.64. The van der Waals surface area contributed by atoms with E-state index in [1.165, 1.54) is 0 Å². The quantitative estimate of drug-likeness (QED) is 0.396. The summed E-state index contributed by atoms with van der Waals surface area (Å²) in [6.07, 6.45) is 0.753. The normalized spacial score (nSPS) is 17.4. The predicted molar refractivity (Wildman–Crippen MR) is 137 cm³/mol. The van der Waals surface area contributed by atoms with Crippen molar-refractivity contribution in [1.29, 1.82) is 0 Å². The molecule has 3 aromatic carbocycles.